The van der Waals surface area contributed by atoms with Gasteiger partial charge in [0.2, 0.25) is 0 Å². The fourth-order valence-corrected chi connectivity index (χ4v) is 4.99. The van der Waals surface area contributed by atoms with Gasteiger partial charge in [0.15, 0.2) is 5.16 Å². The van der Waals surface area contributed by atoms with Gasteiger partial charge in [0.05, 0.1) is 27.9 Å². The van der Waals surface area contributed by atoms with Crippen molar-refractivity contribution in [2.45, 2.75) is 17.8 Å². The van der Waals surface area contributed by atoms with Gasteiger partial charge in [-0.05, 0) is 37.3 Å². The molecule has 7 heteroatoms. The number of fused-ring (bicyclic) bond motifs is 2. The number of benzene rings is 2. The molecule has 0 fully saturated rings. The molecule has 0 aliphatic rings. The second-order valence-electron chi connectivity index (χ2n) is 6.44. The minimum Gasteiger partial charge on any atom is -0.341 e. The third-order valence-electron chi connectivity index (χ3n) is 4.45. The first-order valence-electron chi connectivity index (χ1n) is 8.84. The molecular weight excluding hydrogens is 388 g/mol. The zero-order valence-electron chi connectivity index (χ0n) is 15.0. The molecule has 0 atom stereocenters. The molecule has 3 aromatic heterocycles. The molecule has 5 aromatic rings. The van der Waals surface area contributed by atoms with Crippen molar-refractivity contribution in [3.05, 3.63) is 81.7 Å². The highest BCUT2D eigenvalue weighted by atomic mass is 32.2. The Labute approximate surface area is 169 Å². The molecule has 0 saturated carbocycles. The molecule has 0 aliphatic heterocycles. The average molecular weight is 405 g/mol. The first kappa shape index (κ1) is 17.2. The first-order valence-corrected chi connectivity index (χ1v) is 10.6. The molecular formula is C21H16N4OS2. The number of nitrogens with zero attached hydrogens (tertiary/aromatic N) is 3. The van der Waals surface area contributed by atoms with Gasteiger partial charge in [-0.2, -0.15) is 0 Å². The van der Waals surface area contributed by atoms with Gasteiger partial charge < -0.3 is 4.98 Å². The van der Waals surface area contributed by atoms with Crippen LogP contribution in [0.4, 0.5) is 0 Å². The number of aromatic nitrogens is 4. The summed E-state index contributed by atoms with van der Waals surface area (Å²) in [4.78, 5) is 27.8. The highest BCUT2D eigenvalue weighted by molar-refractivity contribution is 7.98. The molecule has 5 nitrogen and oxygen atoms in total. The number of imidazole rings is 1. The maximum atomic E-state index is 13.2. The molecule has 28 heavy (non-hydrogen) atoms. The van der Waals surface area contributed by atoms with Crippen LogP contribution in [0.1, 0.15) is 10.7 Å². The summed E-state index contributed by atoms with van der Waals surface area (Å²) in [5.41, 5.74) is 2.73. The Balaban J connectivity index is 1.60. The lowest BCUT2D eigenvalue weighted by Crippen LogP contribution is -2.21. The zero-order chi connectivity index (χ0) is 19.1. The van der Waals surface area contributed by atoms with Crippen LogP contribution in [-0.4, -0.2) is 19.5 Å². The van der Waals surface area contributed by atoms with Crippen LogP contribution >= 0.6 is 23.1 Å². The Bertz CT molecular complexity index is 1320. The van der Waals surface area contributed by atoms with Crippen molar-refractivity contribution in [3.8, 4) is 5.69 Å². The summed E-state index contributed by atoms with van der Waals surface area (Å²) >= 11 is 3.06. The monoisotopic (exact) mass is 404 g/mol. The predicted molar refractivity (Wildman–Crippen MR) is 116 cm³/mol. The van der Waals surface area contributed by atoms with Gasteiger partial charge in [-0.3, -0.25) is 9.36 Å². The number of rotatable bonds is 4. The van der Waals surface area contributed by atoms with Crippen molar-refractivity contribution in [2.75, 3.05) is 0 Å². The lowest BCUT2D eigenvalue weighted by molar-refractivity contribution is 0.821. The number of aryl methyl sites for hydroxylation is 1. The maximum Gasteiger partial charge on any atom is 0.267 e. The van der Waals surface area contributed by atoms with Crippen molar-refractivity contribution in [1.29, 1.82) is 0 Å². The van der Waals surface area contributed by atoms with Gasteiger partial charge >= 0.3 is 0 Å². The van der Waals surface area contributed by atoms with Crippen LogP contribution in [0.15, 0.2) is 70.6 Å². The minimum atomic E-state index is -0.0346. The van der Waals surface area contributed by atoms with Crippen molar-refractivity contribution >= 4 is 44.3 Å². The summed E-state index contributed by atoms with van der Waals surface area (Å²) < 4.78 is 1.70. The van der Waals surface area contributed by atoms with E-state index in [9.17, 15) is 4.79 Å². The van der Waals surface area contributed by atoms with E-state index in [1.807, 2.05) is 67.6 Å². The molecule has 0 amide bonds. The zero-order valence-corrected chi connectivity index (χ0v) is 16.7. The van der Waals surface area contributed by atoms with E-state index < -0.39 is 0 Å². The summed E-state index contributed by atoms with van der Waals surface area (Å²) in [7, 11) is 0. The normalized spacial score (nSPS) is 11.5. The van der Waals surface area contributed by atoms with Crippen LogP contribution in [0, 0.1) is 6.92 Å². The van der Waals surface area contributed by atoms with Crippen molar-refractivity contribution in [3.63, 3.8) is 0 Å². The Morgan fingerprint density at radius 2 is 1.86 bits per heavy atom. The van der Waals surface area contributed by atoms with Crippen LogP contribution < -0.4 is 5.56 Å². The first-order chi connectivity index (χ1) is 13.7. The fourth-order valence-electron chi connectivity index (χ4n) is 3.19. The number of para-hydroxylation sites is 3. The number of H-pyrrole nitrogens is 1. The molecule has 0 aliphatic carbocycles. The van der Waals surface area contributed by atoms with E-state index in [1.165, 1.54) is 11.8 Å². The molecule has 138 valence electrons. The van der Waals surface area contributed by atoms with Crippen LogP contribution in [0.25, 0.3) is 26.9 Å². The van der Waals surface area contributed by atoms with E-state index in [-0.39, 0.29) is 5.56 Å². The lowest BCUT2D eigenvalue weighted by atomic mass is 10.3. The number of hydrogen-bond donors (Lipinski definition) is 1. The Kier molecular flexibility index (Phi) is 4.26. The van der Waals surface area contributed by atoms with Crippen LogP contribution in [0.5, 0.6) is 0 Å². The fraction of sp³-hybridized carbons (Fsp3) is 0.0952. The van der Waals surface area contributed by atoms with Crippen molar-refractivity contribution in [1.82, 2.24) is 19.5 Å². The second-order valence-corrected chi connectivity index (χ2v) is 8.61. The molecule has 0 radical (unpaired) electrons. The van der Waals surface area contributed by atoms with E-state index >= 15 is 0 Å². The Hall–Kier alpha value is -2.90. The van der Waals surface area contributed by atoms with E-state index in [4.69, 9.17) is 4.98 Å². The van der Waals surface area contributed by atoms with E-state index in [1.54, 1.807) is 15.9 Å². The maximum absolute atomic E-state index is 13.2. The summed E-state index contributed by atoms with van der Waals surface area (Å²) in [6, 6.07) is 19.5. The molecule has 1 N–H and O–H groups in total. The van der Waals surface area contributed by atoms with Gasteiger partial charge in [-0.25, -0.2) is 9.97 Å². The molecule has 5 rings (SSSR count). The molecule has 2 aromatic carbocycles. The third kappa shape index (κ3) is 3.02. The quantitative estimate of drug-likeness (QED) is 0.341. The summed E-state index contributed by atoms with van der Waals surface area (Å²) in [6.07, 6.45) is 0. The van der Waals surface area contributed by atoms with Gasteiger partial charge in [0.25, 0.3) is 5.56 Å². The number of thioether (sulfide) groups is 1. The highest BCUT2D eigenvalue weighted by Gasteiger charge is 2.16. The van der Waals surface area contributed by atoms with Crippen LogP contribution in [0.2, 0.25) is 0 Å². The smallest absolute Gasteiger partial charge is 0.267 e. The van der Waals surface area contributed by atoms with E-state index in [0.717, 1.165) is 32.3 Å². The number of aromatic amines is 1. The predicted octanol–water partition coefficient (Wildman–Crippen LogP) is 4.92. The minimum absolute atomic E-state index is 0.0346. The SMILES string of the molecule is Cc1cc2c(=O)n(-c3ccccc3)c(SCc3nc4ccccc4[nH]3)nc2s1. The van der Waals surface area contributed by atoms with Crippen molar-refractivity contribution < 1.29 is 0 Å². The molecule has 0 unspecified atom stereocenters. The van der Waals surface area contributed by atoms with E-state index in [0.29, 0.717) is 16.3 Å². The largest absolute Gasteiger partial charge is 0.341 e. The molecule has 0 saturated heterocycles. The lowest BCUT2D eigenvalue weighted by Gasteiger charge is -2.11. The third-order valence-corrected chi connectivity index (χ3v) is 6.34. The van der Waals surface area contributed by atoms with E-state index in [2.05, 4.69) is 9.97 Å². The standard InChI is InChI=1S/C21H16N4OS2/c1-13-11-15-19(28-13)24-21(25(20(15)26)14-7-3-2-4-8-14)27-12-18-22-16-9-5-6-10-17(16)23-18/h2-11H,12H2,1H3,(H,22,23). The molecule has 3 heterocycles. The summed E-state index contributed by atoms with van der Waals surface area (Å²) in [6.45, 7) is 2.00. The van der Waals surface area contributed by atoms with Gasteiger partial charge in [-0.1, -0.05) is 42.1 Å². The summed E-state index contributed by atoms with van der Waals surface area (Å²) in [5.74, 6) is 1.46. The molecule has 0 spiro atoms. The van der Waals surface area contributed by atoms with Crippen LogP contribution in [-0.2, 0) is 5.75 Å². The second kappa shape index (κ2) is 6.92. The van der Waals surface area contributed by atoms with Gasteiger partial charge in [0, 0.05) is 4.88 Å². The Morgan fingerprint density at radius 1 is 1.07 bits per heavy atom. The Morgan fingerprint density at radius 3 is 2.68 bits per heavy atom. The number of hydrogen-bond acceptors (Lipinski definition) is 5. The van der Waals surface area contributed by atoms with Gasteiger partial charge in [-0.15, -0.1) is 11.3 Å². The number of thiophene rings is 1. The average Bonchev–Trinajstić information content (AvgIpc) is 3.29. The van der Waals surface area contributed by atoms with Crippen LogP contribution in [0.3, 0.4) is 0 Å². The number of nitrogens with one attached hydrogen (secondary N) is 1. The molecule has 0 bridgehead atoms. The van der Waals surface area contributed by atoms with Gasteiger partial charge in [0.1, 0.15) is 10.7 Å². The van der Waals surface area contributed by atoms with Crippen molar-refractivity contribution in [2.24, 2.45) is 0 Å². The highest BCUT2D eigenvalue weighted by Crippen LogP contribution is 2.27. The summed E-state index contributed by atoms with van der Waals surface area (Å²) in [5, 5.41) is 1.34. The topological polar surface area (TPSA) is 63.6 Å².